The number of nitrogens with zero attached hydrogens (tertiary/aromatic N) is 1. The topological polar surface area (TPSA) is 88.2 Å². The van der Waals surface area contributed by atoms with Crippen LogP contribution in [0.1, 0.15) is 10.4 Å². The maximum atomic E-state index is 10.9. The normalized spacial score (nSPS) is 10.1. The summed E-state index contributed by atoms with van der Waals surface area (Å²) in [6.45, 7) is 0. The Bertz CT molecular complexity index is 584. The molecule has 2 rings (SSSR count). The van der Waals surface area contributed by atoms with Gasteiger partial charge in [0.05, 0.1) is 22.5 Å². The third kappa shape index (κ3) is 2.70. The van der Waals surface area contributed by atoms with Crippen molar-refractivity contribution in [2.75, 3.05) is 11.1 Å². The van der Waals surface area contributed by atoms with Gasteiger partial charge in [-0.25, -0.2) is 9.78 Å². The van der Waals surface area contributed by atoms with Gasteiger partial charge in [-0.3, -0.25) is 0 Å². The lowest BCUT2D eigenvalue weighted by atomic mass is 10.2. The Balaban J connectivity index is 2.27. The summed E-state index contributed by atoms with van der Waals surface area (Å²) in [6.07, 6.45) is 1.51. The molecule has 0 aliphatic heterocycles. The second-order valence-corrected chi connectivity index (χ2v) is 4.01. The first-order valence-corrected chi connectivity index (χ1v) is 5.45. The number of benzene rings is 1. The lowest BCUT2D eigenvalue weighted by Gasteiger charge is -2.07. The van der Waals surface area contributed by atoms with Crippen LogP contribution >= 0.6 is 11.6 Å². The van der Waals surface area contributed by atoms with Crippen LogP contribution in [-0.4, -0.2) is 16.1 Å². The van der Waals surface area contributed by atoms with E-state index in [0.29, 0.717) is 17.2 Å². The van der Waals surface area contributed by atoms with Crippen molar-refractivity contribution >= 4 is 34.8 Å². The van der Waals surface area contributed by atoms with E-state index in [9.17, 15) is 4.79 Å². The molecule has 0 unspecified atom stereocenters. The lowest BCUT2D eigenvalue weighted by Crippen LogP contribution is -2.00. The van der Waals surface area contributed by atoms with Crippen molar-refractivity contribution in [1.82, 2.24) is 4.98 Å². The Labute approximate surface area is 108 Å². The molecule has 1 aromatic carbocycles. The van der Waals surface area contributed by atoms with Crippen molar-refractivity contribution in [2.45, 2.75) is 0 Å². The van der Waals surface area contributed by atoms with Crippen LogP contribution in [0.5, 0.6) is 0 Å². The molecule has 0 aliphatic carbocycles. The third-order valence-electron chi connectivity index (χ3n) is 2.26. The number of anilines is 3. The average molecular weight is 264 g/mol. The zero-order valence-corrected chi connectivity index (χ0v) is 9.98. The molecular weight excluding hydrogens is 254 g/mol. The SMILES string of the molecule is Nc1ccc(Nc2ccc(Cl)c(C(=O)O)c2)nc1. The molecule has 0 spiro atoms. The zero-order valence-electron chi connectivity index (χ0n) is 9.22. The molecule has 0 atom stereocenters. The van der Waals surface area contributed by atoms with Gasteiger partial charge in [-0.1, -0.05) is 11.6 Å². The number of nitrogens with two attached hydrogens (primary N) is 1. The Morgan fingerprint density at radius 3 is 2.72 bits per heavy atom. The number of carbonyl (C=O) groups is 1. The van der Waals surface area contributed by atoms with E-state index in [-0.39, 0.29) is 10.6 Å². The number of aromatic carboxylic acids is 1. The Morgan fingerprint density at radius 1 is 1.33 bits per heavy atom. The van der Waals surface area contributed by atoms with Crippen LogP contribution in [-0.2, 0) is 0 Å². The molecule has 18 heavy (non-hydrogen) atoms. The highest BCUT2D eigenvalue weighted by Gasteiger charge is 2.09. The van der Waals surface area contributed by atoms with Crippen molar-refractivity contribution in [3.63, 3.8) is 0 Å². The Kier molecular flexibility index (Phi) is 3.34. The number of pyridine rings is 1. The first-order valence-electron chi connectivity index (χ1n) is 5.07. The maximum Gasteiger partial charge on any atom is 0.337 e. The molecule has 0 saturated carbocycles. The molecular formula is C12H10ClN3O2. The summed E-state index contributed by atoms with van der Waals surface area (Å²) >= 11 is 5.77. The van der Waals surface area contributed by atoms with Crippen LogP contribution in [0.4, 0.5) is 17.2 Å². The van der Waals surface area contributed by atoms with E-state index in [4.69, 9.17) is 22.4 Å². The van der Waals surface area contributed by atoms with E-state index in [1.54, 1.807) is 18.2 Å². The van der Waals surface area contributed by atoms with Crippen molar-refractivity contribution < 1.29 is 9.90 Å². The van der Waals surface area contributed by atoms with Gasteiger partial charge in [-0.15, -0.1) is 0 Å². The molecule has 4 N–H and O–H groups in total. The second kappa shape index (κ2) is 4.93. The lowest BCUT2D eigenvalue weighted by molar-refractivity contribution is 0.0697. The largest absolute Gasteiger partial charge is 0.478 e. The minimum Gasteiger partial charge on any atom is -0.478 e. The number of nitrogens with one attached hydrogen (secondary N) is 1. The van der Waals surface area contributed by atoms with Gasteiger partial charge in [0.1, 0.15) is 5.82 Å². The highest BCUT2D eigenvalue weighted by atomic mass is 35.5. The van der Waals surface area contributed by atoms with Gasteiger partial charge in [0.25, 0.3) is 0 Å². The number of hydrogen-bond donors (Lipinski definition) is 3. The molecule has 1 aromatic heterocycles. The van der Waals surface area contributed by atoms with Crippen molar-refractivity contribution in [1.29, 1.82) is 0 Å². The minimum absolute atomic E-state index is 0.0390. The zero-order chi connectivity index (χ0) is 13.1. The van der Waals surface area contributed by atoms with E-state index >= 15 is 0 Å². The van der Waals surface area contributed by atoms with Gasteiger partial charge in [-0.2, -0.15) is 0 Å². The minimum atomic E-state index is -1.08. The van der Waals surface area contributed by atoms with Crippen LogP contribution in [0.3, 0.4) is 0 Å². The summed E-state index contributed by atoms with van der Waals surface area (Å²) in [6, 6.07) is 8.04. The molecule has 1 heterocycles. The van der Waals surface area contributed by atoms with E-state index in [1.165, 1.54) is 18.3 Å². The molecule has 0 radical (unpaired) electrons. The molecule has 0 aliphatic rings. The smallest absolute Gasteiger partial charge is 0.337 e. The molecule has 0 saturated heterocycles. The summed E-state index contributed by atoms with van der Waals surface area (Å²) in [5.74, 6) is -0.503. The number of rotatable bonds is 3. The second-order valence-electron chi connectivity index (χ2n) is 3.60. The number of carboxylic acid groups (broad SMARTS) is 1. The standard InChI is InChI=1S/C12H10ClN3O2/c13-10-3-2-8(5-9(10)12(17)18)16-11-4-1-7(14)6-15-11/h1-6H,14H2,(H,15,16)(H,17,18). The van der Waals surface area contributed by atoms with Crippen LogP contribution in [0.25, 0.3) is 0 Å². The van der Waals surface area contributed by atoms with Crippen molar-refractivity contribution in [3.05, 3.63) is 47.1 Å². The van der Waals surface area contributed by atoms with Gasteiger partial charge in [0.15, 0.2) is 0 Å². The quantitative estimate of drug-likeness (QED) is 0.792. The highest BCUT2D eigenvalue weighted by molar-refractivity contribution is 6.33. The fourth-order valence-corrected chi connectivity index (χ4v) is 1.59. The number of hydrogen-bond acceptors (Lipinski definition) is 4. The van der Waals surface area contributed by atoms with Crippen LogP contribution in [0.15, 0.2) is 36.5 Å². The number of aromatic nitrogens is 1. The van der Waals surface area contributed by atoms with Gasteiger partial charge < -0.3 is 16.2 Å². The van der Waals surface area contributed by atoms with Crippen LogP contribution in [0.2, 0.25) is 5.02 Å². The molecule has 6 heteroatoms. The molecule has 0 bridgehead atoms. The van der Waals surface area contributed by atoms with Crippen LogP contribution < -0.4 is 11.1 Å². The fraction of sp³-hybridized carbons (Fsp3) is 0. The first-order chi connectivity index (χ1) is 8.56. The predicted octanol–water partition coefficient (Wildman–Crippen LogP) is 2.76. The monoisotopic (exact) mass is 263 g/mol. The molecule has 0 amide bonds. The summed E-state index contributed by atoms with van der Waals surface area (Å²) < 4.78 is 0. The van der Waals surface area contributed by atoms with Gasteiger partial charge >= 0.3 is 5.97 Å². The number of carboxylic acids is 1. The van der Waals surface area contributed by atoms with E-state index in [0.717, 1.165) is 0 Å². The Hall–Kier alpha value is -2.27. The summed E-state index contributed by atoms with van der Waals surface area (Å²) in [4.78, 5) is 15.0. The van der Waals surface area contributed by atoms with Crippen LogP contribution in [0, 0.1) is 0 Å². The van der Waals surface area contributed by atoms with E-state index in [2.05, 4.69) is 10.3 Å². The Morgan fingerprint density at radius 2 is 2.11 bits per heavy atom. The average Bonchev–Trinajstić information content (AvgIpc) is 2.34. The van der Waals surface area contributed by atoms with Crippen molar-refractivity contribution in [2.24, 2.45) is 0 Å². The number of halogens is 1. The van der Waals surface area contributed by atoms with Gasteiger partial charge in [0.2, 0.25) is 0 Å². The maximum absolute atomic E-state index is 10.9. The molecule has 92 valence electrons. The van der Waals surface area contributed by atoms with Gasteiger partial charge in [-0.05, 0) is 30.3 Å². The summed E-state index contributed by atoms with van der Waals surface area (Å²) in [7, 11) is 0. The molecule has 0 fully saturated rings. The summed E-state index contributed by atoms with van der Waals surface area (Å²) in [5.41, 5.74) is 6.71. The van der Waals surface area contributed by atoms with Crippen molar-refractivity contribution in [3.8, 4) is 0 Å². The van der Waals surface area contributed by atoms with E-state index in [1.807, 2.05) is 0 Å². The third-order valence-corrected chi connectivity index (χ3v) is 2.59. The first kappa shape index (κ1) is 12.2. The highest BCUT2D eigenvalue weighted by Crippen LogP contribution is 2.22. The van der Waals surface area contributed by atoms with Gasteiger partial charge in [0, 0.05) is 5.69 Å². The summed E-state index contributed by atoms with van der Waals surface area (Å²) in [5, 5.41) is 12.1. The molecule has 2 aromatic rings. The molecule has 5 nitrogen and oxygen atoms in total. The fourth-order valence-electron chi connectivity index (χ4n) is 1.39. The number of nitrogen functional groups attached to an aromatic ring is 1. The van der Waals surface area contributed by atoms with E-state index < -0.39 is 5.97 Å². The predicted molar refractivity (Wildman–Crippen MR) is 70.3 cm³/mol.